The summed E-state index contributed by atoms with van der Waals surface area (Å²) < 4.78 is 5.67. The number of piperidine rings is 1. The predicted molar refractivity (Wildman–Crippen MR) is 113 cm³/mol. The van der Waals surface area contributed by atoms with Crippen LogP contribution in [-0.2, 0) is 6.42 Å². The van der Waals surface area contributed by atoms with Gasteiger partial charge in [-0.15, -0.1) is 0 Å². The van der Waals surface area contributed by atoms with E-state index >= 15 is 0 Å². The van der Waals surface area contributed by atoms with Crippen molar-refractivity contribution in [3.05, 3.63) is 46.9 Å². The molecule has 2 aliphatic rings. The standard InChI is InChI=1S/C21H26ClN5O2/c1-2-14-12-19(24-13-23-14)27-9-6-15(7-10-27)25-21(28)26-18-8-11-29-20-16(18)4-3-5-17(20)22/h3-5,12-13,15,18H,2,6-11H2,1H3,(H2,25,26,28). The Morgan fingerprint density at radius 2 is 2.07 bits per heavy atom. The molecule has 3 heterocycles. The lowest BCUT2D eigenvalue weighted by atomic mass is 10.0. The fraction of sp³-hybridized carbons (Fsp3) is 0.476. The van der Waals surface area contributed by atoms with Gasteiger partial charge in [0.1, 0.15) is 17.9 Å². The zero-order valence-electron chi connectivity index (χ0n) is 16.5. The van der Waals surface area contributed by atoms with Gasteiger partial charge >= 0.3 is 6.03 Å². The van der Waals surface area contributed by atoms with E-state index in [0.717, 1.165) is 55.8 Å². The fourth-order valence-electron chi connectivity index (χ4n) is 3.93. The van der Waals surface area contributed by atoms with Gasteiger partial charge in [-0.25, -0.2) is 14.8 Å². The molecule has 1 aromatic carbocycles. The van der Waals surface area contributed by atoms with Crippen molar-refractivity contribution in [2.24, 2.45) is 0 Å². The number of benzene rings is 1. The number of aryl methyl sites for hydroxylation is 1. The van der Waals surface area contributed by atoms with Crippen molar-refractivity contribution in [2.45, 2.75) is 44.7 Å². The lowest BCUT2D eigenvalue weighted by Gasteiger charge is -2.34. The van der Waals surface area contributed by atoms with Crippen LogP contribution in [0.3, 0.4) is 0 Å². The van der Waals surface area contributed by atoms with Crippen LogP contribution in [-0.4, -0.2) is 41.7 Å². The van der Waals surface area contributed by atoms with E-state index in [2.05, 4.69) is 32.4 Å². The number of para-hydroxylation sites is 1. The number of carbonyl (C=O) groups excluding carboxylic acids is 1. The van der Waals surface area contributed by atoms with E-state index in [1.54, 1.807) is 12.4 Å². The van der Waals surface area contributed by atoms with Crippen LogP contribution < -0.4 is 20.3 Å². The molecule has 2 N–H and O–H groups in total. The Kier molecular flexibility index (Phi) is 6.04. The summed E-state index contributed by atoms with van der Waals surface area (Å²) in [5.41, 5.74) is 1.98. The average molecular weight is 416 g/mol. The highest BCUT2D eigenvalue weighted by Gasteiger charge is 2.26. The van der Waals surface area contributed by atoms with E-state index in [1.165, 1.54) is 0 Å². The summed E-state index contributed by atoms with van der Waals surface area (Å²) in [6.07, 6.45) is 5.02. The SMILES string of the molecule is CCc1cc(N2CCC(NC(=O)NC3CCOc4c(Cl)cccc43)CC2)ncn1. The van der Waals surface area contributed by atoms with Crippen LogP contribution in [0.5, 0.6) is 5.75 Å². The summed E-state index contributed by atoms with van der Waals surface area (Å²) >= 11 is 6.22. The number of ether oxygens (including phenoxy) is 1. The molecule has 1 saturated heterocycles. The number of nitrogens with one attached hydrogen (secondary N) is 2. The molecule has 29 heavy (non-hydrogen) atoms. The van der Waals surface area contributed by atoms with Crippen molar-refractivity contribution in [3.8, 4) is 5.75 Å². The maximum absolute atomic E-state index is 12.6. The molecule has 2 aliphatic heterocycles. The highest BCUT2D eigenvalue weighted by atomic mass is 35.5. The number of fused-ring (bicyclic) bond motifs is 1. The molecule has 0 radical (unpaired) electrons. The van der Waals surface area contributed by atoms with Crippen LogP contribution in [0.4, 0.5) is 10.6 Å². The zero-order valence-corrected chi connectivity index (χ0v) is 17.3. The van der Waals surface area contributed by atoms with Gasteiger partial charge in [-0.1, -0.05) is 30.7 Å². The lowest BCUT2D eigenvalue weighted by molar-refractivity contribution is 0.218. The van der Waals surface area contributed by atoms with Gasteiger partial charge in [0.15, 0.2) is 0 Å². The second-order valence-electron chi connectivity index (χ2n) is 7.45. The predicted octanol–water partition coefficient (Wildman–Crippen LogP) is 3.48. The number of hydrogen-bond acceptors (Lipinski definition) is 5. The molecular weight excluding hydrogens is 390 g/mol. The monoisotopic (exact) mass is 415 g/mol. The quantitative estimate of drug-likeness (QED) is 0.799. The summed E-state index contributed by atoms with van der Waals surface area (Å²) in [6, 6.07) is 7.61. The van der Waals surface area contributed by atoms with Crippen LogP contribution >= 0.6 is 11.6 Å². The Hall–Kier alpha value is -2.54. The molecule has 2 aromatic rings. The Bertz CT molecular complexity index is 870. The van der Waals surface area contributed by atoms with Gasteiger partial charge in [-0.2, -0.15) is 0 Å². The Labute approximate surface area is 175 Å². The number of carbonyl (C=O) groups is 1. The van der Waals surface area contributed by atoms with E-state index in [9.17, 15) is 4.79 Å². The molecule has 1 atom stereocenters. The second-order valence-corrected chi connectivity index (χ2v) is 7.86. The van der Waals surface area contributed by atoms with Crippen LogP contribution in [0, 0.1) is 0 Å². The molecule has 0 aliphatic carbocycles. The van der Waals surface area contributed by atoms with Gasteiger partial charge in [0.25, 0.3) is 0 Å². The Morgan fingerprint density at radius 3 is 2.86 bits per heavy atom. The summed E-state index contributed by atoms with van der Waals surface area (Å²) in [7, 11) is 0. The molecule has 8 heteroatoms. The number of urea groups is 1. The number of nitrogens with zero attached hydrogens (tertiary/aromatic N) is 3. The van der Waals surface area contributed by atoms with Gasteiger partial charge in [0.2, 0.25) is 0 Å². The maximum atomic E-state index is 12.6. The van der Waals surface area contributed by atoms with E-state index < -0.39 is 0 Å². The van der Waals surface area contributed by atoms with Crippen molar-refractivity contribution >= 4 is 23.4 Å². The molecule has 1 unspecified atom stereocenters. The molecule has 7 nitrogen and oxygen atoms in total. The topological polar surface area (TPSA) is 79.4 Å². The van der Waals surface area contributed by atoms with Crippen molar-refractivity contribution in [1.29, 1.82) is 0 Å². The Balaban J connectivity index is 1.30. The van der Waals surface area contributed by atoms with Crippen molar-refractivity contribution in [3.63, 3.8) is 0 Å². The molecule has 2 amide bonds. The third-order valence-corrected chi connectivity index (χ3v) is 5.85. The highest BCUT2D eigenvalue weighted by Crippen LogP contribution is 2.37. The first-order chi connectivity index (χ1) is 14.1. The summed E-state index contributed by atoms with van der Waals surface area (Å²) in [5.74, 6) is 1.64. The first-order valence-corrected chi connectivity index (χ1v) is 10.6. The van der Waals surface area contributed by atoms with Gasteiger partial charge in [0, 0.05) is 42.9 Å². The molecule has 0 spiro atoms. The smallest absolute Gasteiger partial charge is 0.315 e. The van der Waals surface area contributed by atoms with Crippen LogP contribution in [0.2, 0.25) is 5.02 Å². The number of amides is 2. The second kappa shape index (κ2) is 8.86. The zero-order chi connectivity index (χ0) is 20.2. The molecule has 154 valence electrons. The number of aromatic nitrogens is 2. The number of rotatable bonds is 4. The van der Waals surface area contributed by atoms with Gasteiger partial charge in [-0.3, -0.25) is 0 Å². The number of halogens is 1. The molecule has 1 fully saturated rings. The van der Waals surface area contributed by atoms with Crippen molar-refractivity contribution < 1.29 is 9.53 Å². The third-order valence-electron chi connectivity index (χ3n) is 5.56. The lowest BCUT2D eigenvalue weighted by Crippen LogP contribution is -2.49. The molecular formula is C21H26ClN5O2. The van der Waals surface area contributed by atoms with Crippen molar-refractivity contribution in [1.82, 2.24) is 20.6 Å². The van der Waals surface area contributed by atoms with Gasteiger partial charge in [-0.05, 0) is 25.3 Å². The minimum atomic E-state index is -0.142. The number of anilines is 1. The summed E-state index contributed by atoms with van der Waals surface area (Å²) in [5, 5.41) is 6.79. The molecule has 1 aromatic heterocycles. The Morgan fingerprint density at radius 1 is 1.24 bits per heavy atom. The van der Waals surface area contributed by atoms with E-state index in [0.29, 0.717) is 17.4 Å². The van der Waals surface area contributed by atoms with E-state index in [4.69, 9.17) is 16.3 Å². The first-order valence-electron chi connectivity index (χ1n) is 10.2. The summed E-state index contributed by atoms with van der Waals surface area (Å²) in [6.45, 7) is 4.35. The normalized spacial score (nSPS) is 19.2. The molecule has 4 rings (SSSR count). The molecule has 0 bridgehead atoms. The highest BCUT2D eigenvalue weighted by molar-refractivity contribution is 6.32. The maximum Gasteiger partial charge on any atom is 0.315 e. The minimum Gasteiger partial charge on any atom is -0.492 e. The number of hydrogen-bond donors (Lipinski definition) is 2. The fourth-order valence-corrected chi connectivity index (χ4v) is 4.16. The van der Waals surface area contributed by atoms with Crippen LogP contribution in [0.25, 0.3) is 0 Å². The summed E-state index contributed by atoms with van der Waals surface area (Å²) in [4.78, 5) is 23.5. The minimum absolute atomic E-state index is 0.0916. The van der Waals surface area contributed by atoms with Gasteiger partial charge in [0.05, 0.1) is 17.7 Å². The average Bonchev–Trinajstić information content (AvgIpc) is 2.75. The first kappa shape index (κ1) is 19.8. The van der Waals surface area contributed by atoms with Gasteiger partial charge < -0.3 is 20.3 Å². The van der Waals surface area contributed by atoms with E-state index in [1.807, 2.05) is 18.2 Å². The van der Waals surface area contributed by atoms with Crippen LogP contribution in [0.15, 0.2) is 30.6 Å². The van der Waals surface area contributed by atoms with E-state index in [-0.39, 0.29) is 18.1 Å². The van der Waals surface area contributed by atoms with Crippen molar-refractivity contribution in [2.75, 3.05) is 24.6 Å². The molecule has 0 saturated carbocycles. The van der Waals surface area contributed by atoms with Crippen LogP contribution in [0.1, 0.15) is 43.5 Å². The third kappa shape index (κ3) is 4.56. The largest absolute Gasteiger partial charge is 0.492 e.